The zero-order chi connectivity index (χ0) is 20.5. The van der Waals surface area contributed by atoms with E-state index < -0.39 is 16.9 Å². The van der Waals surface area contributed by atoms with Crippen LogP contribution in [0.3, 0.4) is 0 Å². The second-order valence-corrected chi connectivity index (χ2v) is 5.70. The lowest BCUT2D eigenvalue weighted by molar-refractivity contribution is -0.384. The number of nitro groups is 1. The van der Waals surface area contributed by atoms with Crippen molar-refractivity contribution in [2.45, 2.75) is 0 Å². The van der Waals surface area contributed by atoms with E-state index in [1.165, 1.54) is 18.3 Å². The van der Waals surface area contributed by atoms with Crippen molar-refractivity contribution in [2.24, 2.45) is 5.10 Å². The van der Waals surface area contributed by atoms with Crippen molar-refractivity contribution >= 4 is 41.1 Å². The number of hydrogen-bond donors (Lipinski definition) is 3. The molecule has 28 heavy (non-hydrogen) atoms. The summed E-state index contributed by atoms with van der Waals surface area (Å²) in [5.41, 5.74) is 2.98. The number of non-ortho nitro benzene ring substituents is 1. The summed E-state index contributed by atoms with van der Waals surface area (Å²) in [4.78, 5) is 33.5. The van der Waals surface area contributed by atoms with E-state index in [4.69, 9.17) is 16.3 Å². The number of ether oxygens (including phenoxy) is 1. The first-order valence-electron chi connectivity index (χ1n) is 7.84. The average Bonchev–Trinajstić information content (AvgIpc) is 2.68. The number of urea groups is 1. The number of methoxy groups -OCH3 is 1. The molecule has 11 heteroatoms. The van der Waals surface area contributed by atoms with Crippen molar-refractivity contribution in [3.8, 4) is 5.75 Å². The van der Waals surface area contributed by atoms with Crippen LogP contribution in [0.25, 0.3) is 0 Å². The lowest BCUT2D eigenvalue weighted by Gasteiger charge is -2.08. The molecule has 0 aliphatic carbocycles. The van der Waals surface area contributed by atoms with Gasteiger partial charge in [0.2, 0.25) is 0 Å². The van der Waals surface area contributed by atoms with E-state index in [1.54, 1.807) is 31.4 Å². The lowest BCUT2D eigenvalue weighted by Crippen LogP contribution is -2.37. The summed E-state index contributed by atoms with van der Waals surface area (Å²) in [7, 11) is 1.56. The van der Waals surface area contributed by atoms with Crippen molar-refractivity contribution in [3.63, 3.8) is 0 Å². The molecule has 0 fully saturated rings. The van der Waals surface area contributed by atoms with Gasteiger partial charge < -0.3 is 15.4 Å². The second-order valence-electron chi connectivity index (χ2n) is 5.30. The summed E-state index contributed by atoms with van der Waals surface area (Å²) < 4.78 is 5.03. The van der Waals surface area contributed by atoms with E-state index in [0.29, 0.717) is 5.75 Å². The fourth-order valence-corrected chi connectivity index (χ4v) is 2.18. The first-order chi connectivity index (χ1) is 13.4. The summed E-state index contributed by atoms with van der Waals surface area (Å²) in [5, 5.41) is 19.1. The van der Waals surface area contributed by atoms with Crippen LogP contribution in [0.2, 0.25) is 5.02 Å². The number of nitrogens with one attached hydrogen (secondary N) is 3. The third-order valence-electron chi connectivity index (χ3n) is 3.34. The molecule has 0 atom stereocenters. The van der Waals surface area contributed by atoms with Gasteiger partial charge in [0.1, 0.15) is 12.3 Å². The van der Waals surface area contributed by atoms with Gasteiger partial charge in [0.25, 0.3) is 11.6 Å². The molecule has 2 rings (SSSR count). The van der Waals surface area contributed by atoms with Gasteiger partial charge in [-0.2, -0.15) is 5.10 Å². The van der Waals surface area contributed by atoms with Crippen molar-refractivity contribution in [3.05, 3.63) is 63.2 Å². The van der Waals surface area contributed by atoms with Gasteiger partial charge in [-0.05, 0) is 35.9 Å². The highest BCUT2D eigenvalue weighted by molar-refractivity contribution is 6.33. The minimum absolute atomic E-state index is 0.00195. The fraction of sp³-hybridized carbons (Fsp3) is 0.118. The van der Waals surface area contributed by atoms with Gasteiger partial charge in [-0.3, -0.25) is 14.9 Å². The van der Waals surface area contributed by atoms with Crippen LogP contribution < -0.4 is 20.8 Å². The highest BCUT2D eigenvalue weighted by atomic mass is 35.5. The minimum Gasteiger partial charge on any atom is -0.497 e. The molecule has 0 spiro atoms. The molecule has 2 aromatic rings. The Morgan fingerprint density at radius 3 is 2.57 bits per heavy atom. The first kappa shape index (κ1) is 20.6. The van der Waals surface area contributed by atoms with Crippen LogP contribution in [-0.2, 0) is 4.79 Å². The molecule has 0 saturated carbocycles. The molecular formula is C17H16ClN5O5. The molecule has 3 N–H and O–H groups in total. The predicted molar refractivity (Wildman–Crippen MR) is 104 cm³/mol. The van der Waals surface area contributed by atoms with Gasteiger partial charge in [0.05, 0.1) is 29.0 Å². The standard InChI is InChI=1S/C17H16ClN5O5/c1-28-13-5-2-11(3-6-13)9-20-22-16(24)10-19-17(25)21-15-7-4-12(23(26)27)8-14(15)18/h2-9H,10H2,1H3,(H,22,24)(H2,19,21,25)/b20-9-. The van der Waals surface area contributed by atoms with E-state index in [1.807, 2.05) is 0 Å². The van der Waals surface area contributed by atoms with E-state index in [0.717, 1.165) is 11.6 Å². The minimum atomic E-state index is -0.704. The summed E-state index contributed by atoms with van der Waals surface area (Å²) in [5.74, 6) is 0.152. The topological polar surface area (TPSA) is 135 Å². The summed E-state index contributed by atoms with van der Waals surface area (Å²) in [6.45, 7) is -0.337. The van der Waals surface area contributed by atoms with Gasteiger partial charge in [-0.15, -0.1) is 0 Å². The van der Waals surface area contributed by atoms with E-state index >= 15 is 0 Å². The van der Waals surface area contributed by atoms with Crippen molar-refractivity contribution in [1.82, 2.24) is 10.7 Å². The number of benzene rings is 2. The van der Waals surface area contributed by atoms with Crippen LogP contribution in [0.4, 0.5) is 16.2 Å². The van der Waals surface area contributed by atoms with Gasteiger partial charge in [-0.1, -0.05) is 11.6 Å². The number of rotatable bonds is 7. The zero-order valence-electron chi connectivity index (χ0n) is 14.6. The molecule has 2 aromatic carbocycles. The lowest BCUT2D eigenvalue weighted by atomic mass is 10.2. The van der Waals surface area contributed by atoms with Gasteiger partial charge in [0, 0.05) is 12.1 Å². The third-order valence-corrected chi connectivity index (χ3v) is 3.65. The fourth-order valence-electron chi connectivity index (χ4n) is 1.95. The highest BCUT2D eigenvalue weighted by Crippen LogP contribution is 2.26. The maximum atomic E-state index is 11.8. The first-order valence-corrected chi connectivity index (χ1v) is 8.21. The summed E-state index contributed by atoms with van der Waals surface area (Å²) in [6.07, 6.45) is 1.44. The van der Waals surface area contributed by atoms with E-state index in [-0.39, 0.29) is 22.9 Å². The van der Waals surface area contributed by atoms with Gasteiger partial charge in [-0.25, -0.2) is 10.2 Å². The Hall–Kier alpha value is -3.66. The highest BCUT2D eigenvalue weighted by Gasteiger charge is 2.12. The van der Waals surface area contributed by atoms with Crippen LogP contribution in [0.5, 0.6) is 5.75 Å². The monoisotopic (exact) mass is 405 g/mol. The predicted octanol–water partition coefficient (Wildman–Crippen LogP) is 2.53. The number of nitrogens with zero attached hydrogens (tertiary/aromatic N) is 2. The number of hydrogen-bond acceptors (Lipinski definition) is 6. The number of amides is 3. The molecule has 146 valence electrons. The van der Waals surface area contributed by atoms with Crippen LogP contribution in [0.15, 0.2) is 47.6 Å². The molecule has 10 nitrogen and oxygen atoms in total. The van der Waals surface area contributed by atoms with Crippen LogP contribution >= 0.6 is 11.6 Å². The van der Waals surface area contributed by atoms with Crippen molar-refractivity contribution < 1.29 is 19.2 Å². The molecular weight excluding hydrogens is 390 g/mol. The van der Waals surface area contributed by atoms with Crippen LogP contribution in [0.1, 0.15) is 5.56 Å². The summed E-state index contributed by atoms with van der Waals surface area (Å²) >= 11 is 5.87. The van der Waals surface area contributed by atoms with Crippen molar-refractivity contribution in [2.75, 3.05) is 19.0 Å². The Morgan fingerprint density at radius 1 is 1.25 bits per heavy atom. The van der Waals surface area contributed by atoms with Gasteiger partial charge >= 0.3 is 6.03 Å². The van der Waals surface area contributed by atoms with E-state index in [9.17, 15) is 19.7 Å². The Labute approximate surface area is 164 Å². The number of carbonyl (C=O) groups is 2. The maximum Gasteiger partial charge on any atom is 0.319 e. The Bertz CT molecular complexity index is 901. The smallest absolute Gasteiger partial charge is 0.319 e. The molecule has 0 aliphatic heterocycles. The number of nitro benzene ring substituents is 1. The number of anilines is 1. The van der Waals surface area contributed by atoms with Gasteiger partial charge in [0.15, 0.2) is 0 Å². The molecule has 0 unspecified atom stereocenters. The van der Waals surface area contributed by atoms with E-state index in [2.05, 4.69) is 21.2 Å². The Kier molecular flexibility index (Phi) is 7.28. The van der Waals surface area contributed by atoms with Crippen LogP contribution in [-0.4, -0.2) is 36.7 Å². The molecule has 0 bridgehead atoms. The third kappa shape index (κ3) is 6.25. The maximum absolute atomic E-state index is 11.8. The zero-order valence-corrected chi connectivity index (χ0v) is 15.4. The summed E-state index contributed by atoms with van der Waals surface area (Å²) in [6, 6.07) is 9.91. The quantitative estimate of drug-likeness (QED) is 0.369. The number of halogens is 1. The molecule has 0 aliphatic rings. The molecule has 0 heterocycles. The molecule has 0 radical (unpaired) electrons. The Morgan fingerprint density at radius 2 is 1.96 bits per heavy atom. The number of carbonyl (C=O) groups excluding carboxylic acids is 2. The molecule has 3 amide bonds. The Balaban J connectivity index is 1.78. The van der Waals surface area contributed by atoms with Crippen molar-refractivity contribution in [1.29, 1.82) is 0 Å². The second kappa shape index (κ2) is 9.88. The molecule has 0 saturated heterocycles. The average molecular weight is 406 g/mol. The largest absolute Gasteiger partial charge is 0.497 e. The normalized spacial score (nSPS) is 10.4. The molecule has 0 aromatic heterocycles. The number of hydrazone groups is 1. The SMILES string of the molecule is COc1ccc(/C=N\NC(=O)CNC(=O)Nc2ccc([N+](=O)[O-])cc2Cl)cc1. The van der Waals surface area contributed by atoms with Crippen LogP contribution in [0, 0.1) is 10.1 Å².